The molecule has 2 fully saturated rings. The number of carbonyl (C=O) groups is 2. The second-order valence-corrected chi connectivity index (χ2v) is 8.69. The molecule has 2 aliphatic rings. The lowest BCUT2D eigenvalue weighted by atomic mass is 9.92. The summed E-state index contributed by atoms with van der Waals surface area (Å²) in [7, 11) is -2.18. The highest BCUT2D eigenvalue weighted by Crippen LogP contribution is 2.60. The molecule has 0 bridgehead atoms. The van der Waals surface area contributed by atoms with E-state index in [1.165, 1.54) is 30.5 Å². The fourth-order valence-electron chi connectivity index (χ4n) is 3.61. The van der Waals surface area contributed by atoms with Crippen molar-refractivity contribution in [2.24, 2.45) is 11.3 Å². The van der Waals surface area contributed by atoms with Crippen molar-refractivity contribution in [2.45, 2.75) is 31.1 Å². The van der Waals surface area contributed by atoms with Crippen LogP contribution in [0.4, 0.5) is 5.69 Å². The molecule has 1 spiro atoms. The van der Waals surface area contributed by atoms with Gasteiger partial charge in [-0.05, 0) is 48.9 Å². The van der Waals surface area contributed by atoms with Gasteiger partial charge in [-0.15, -0.1) is 0 Å². The van der Waals surface area contributed by atoms with Crippen LogP contribution < -0.4 is 5.32 Å². The Morgan fingerprint density at radius 3 is 2.32 bits per heavy atom. The van der Waals surface area contributed by atoms with Gasteiger partial charge in [0.1, 0.15) is 0 Å². The maximum Gasteiger partial charge on any atom is 0.309 e. The topological polar surface area (TPSA) is 92.8 Å². The third-order valence-electron chi connectivity index (χ3n) is 5.21. The minimum atomic E-state index is -3.57. The lowest BCUT2D eigenvalue weighted by molar-refractivity contribution is -0.143. The van der Waals surface area contributed by atoms with Crippen molar-refractivity contribution in [1.82, 2.24) is 4.31 Å². The SMILES string of the molecule is COC(=O)[C@@H]1CC12CCN(S(=O)(=O)c1ccc(NC(C)=O)cc1)CC2. The van der Waals surface area contributed by atoms with Crippen LogP contribution >= 0.6 is 0 Å². The van der Waals surface area contributed by atoms with E-state index in [-0.39, 0.29) is 28.1 Å². The molecule has 0 radical (unpaired) electrons. The van der Waals surface area contributed by atoms with Crippen LogP contribution in [-0.2, 0) is 24.3 Å². The van der Waals surface area contributed by atoms with Gasteiger partial charge in [-0.3, -0.25) is 9.59 Å². The molecule has 0 unspecified atom stereocenters. The molecule has 7 nitrogen and oxygen atoms in total. The number of nitrogens with one attached hydrogen (secondary N) is 1. The van der Waals surface area contributed by atoms with Crippen LogP contribution in [0, 0.1) is 11.3 Å². The lowest BCUT2D eigenvalue weighted by Crippen LogP contribution is -2.40. The Bertz CT molecular complexity index is 780. The van der Waals surface area contributed by atoms with E-state index in [4.69, 9.17) is 4.74 Å². The molecule has 136 valence electrons. The van der Waals surface area contributed by atoms with E-state index in [2.05, 4.69) is 5.32 Å². The third kappa shape index (κ3) is 3.41. The van der Waals surface area contributed by atoms with Crippen LogP contribution in [0.15, 0.2) is 29.2 Å². The Hall–Kier alpha value is -1.93. The van der Waals surface area contributed by atoms with Crippen molar-refractivity contribution in [3.63, 3.8) is 0 Å². The van der Waals surface area contributed by atoms with Gasteiger partial charge in [0, 0.05) is 25.7 Å². The van der Waals surface area contributed by atoms with Crippen LogP contribution in [0.1, 0.15) is 26.2 Å². The molecule has 1 heterocycles. The molecule has 1 aromatic rings. The highest BCUT2D eigenvalue weighted by Gasteiger charge is 2.59. The van der Waals surface area contributed by atoms with Crippen LogP contribution in [0.25, 0.3) is 0 Å². The summed E-state index contributed by atoms with van der Waals surface area (Å²) in [5.41, 5.74) is 0.483. The maximum absolute atomic E-state index is 12.8. The zero-order valence-electron chi connectivity index (χ0n) is 14.3. The molecule has 1 aliphatic heterocycles. The quantitative estimate of drug-likeness (QED) is 0.817. The van der Waals surface area contributed by atoms with Gasteiger partial charge in [-0.2, -0.15) is 4.31 Å². The molecule has 1 N–H and O–H groups in total. The molecule has 1 amide bonds. The van der Waals surface area contributed by atoms with E-state index in [1.54, 1.807) is 12.1 Å². The molecule has 0 aromatic heterocycles. The molecule has 1 saturated heterocycles. The summed E-state index contributed by atoms with van der Waals surface area (Å²) in [5.74, 6) is -0.481. The zero-order chi connectivity index (χ0) is 18.2. The number of hydrogen-bond acceptors (Lipinski definition) is 5. The zero-order valence-corrected chi connectivity index (χ0v) is 15.1. The molecule has 25 heavy (non-hydrogen) atoms. The number of rotatable bonds is 4. The van der Waals surface area contributed by atoms with E-state index in [9.17, 15) is 18.0 Å². The molecular formula is C17H22N2O5S. The van der Waals surface area contributed by atoms with E-state index in [1.807, 2.05) is 0 Å². The van der Waals surface area contributed by atoms with Gasteiger partial charge < -0.3 is 10.1 Å². The maximum atomic E-state index is 12.8. The van der Waals surface area contributed by atoms with Gasteiger partial charge in [0.25, 0.3) is 0 Å². The summed E-state index contributed by atoms with van der Waals surface area (Å²) in [6.07, 6.45) is 2.14. The van der Waals surface area contributed by atoms with Gasteiger partial charge in [0.2, 0.25) is 15.9 Å². The molecule has 1 atom stereocenters. The first-order valence-electron chi connectivity index (χ1n) is 8.24. The number of ether oxygens (including phenoxy) is 1. The van der Waals surface area contributed by atoms with Crippen molar-refractivity contribution in [2.75, 3.05) is 25.5 Å². The second kappa shape index (κ2) is 6.42. The largest absolute Gasteiger partial charge is 0.469 e. The van der Waals surface area contributed by atoms with Crippen LogP contribution in [0.5, 0.6) is 0 Å². The molecule has 1 aliphatic carbocycles. The number of benzene rings is 1. The van der Waals surface area contributed by atoms with E-state index in [0.29, 0.717) is 31.6 Å². The fraction of sp³-hybridized carbons (Fsp3) is 0.529. The number of anilines is 1. The first-order valence-corrected chi connectivity index (χ1v) is 9.68. The van der Waals surface area contributed by atoms with Gasteiger partial charge in [0.05, 0.1) is 17.9 Å². The summed E-state index contributed by atoms with van der Waals surface area (Å²) >= 11 is 0. The number of sulfonamides is 1. The van der Waals surface area contributed by atoms with Crippen LogP contribution in [0.3, 0.4) is 0 Å². The lowest BCUT2D eigenvalue weighted by Gasteiger charge is -2.31. The Morgan fingerprint density at radius 2 is 1.80 bits per heavy atom. The number of nitrogens with zero attached hydrogens (tertiary/aromatic N) is 1. The Balaban J connectivity index is 1.66. The monoisotopic (exact) mass is 366 g/mol. The Labute approximate surface area is 147 Å². The van der Waals surface area contributed by atoms with Gasteiger partial charge in [0.15, 0.2) is 0 Å². The predicted molar refractivity (Wildman–Crippen MR) is 91.3 cm³/mol. The number of amides is 1. The first kappa shape index (κ1) is 17.9. The Morgan fingerprint density at radius 1 is 1.20 bits per heavy atom. The van der Waals surface area contributed by atoms with Gasteiger partial charge in [-0.1, -0.05) is 0 Å². The van der Waals surface area contributed by atoms with Crippen molar-refractivity contribution in [3.05, 3.63) is 24.3 Å². The molecule has 1 aromatic carbocycles. The van der Waals surface area contributed by atoms with E-state index < -0.39 is 10.0 Å². The third-order valence-corrected chi connectivity index (χ3v) is 7.12. The molecule has 3 rings (SSSR count). The number of carbonyl (C=O) groups excluding carboxylic acids is 2. The predicted octanol–water partition coefficient (Wildman–Crippen LogP) is 1.61. The minimum absolute atomic E-state index is 0.0750. The summed E-state index contributed by atoms with van der Waals surface area (Å²) in [6.45, 7) is 2.21. The smallest absolute Gasteiger partial charge is 0.309 e. The van der Waals surface area contributed by atoms with Gasteiger partial charge in [-0.25, -0.2) is 8.42 Å². The van der Waals surface area contributed by atoms with E-state index >= 15 is 0 Å². The van der Waals surface area contributed by atoms with Gasteiger partial charge >= 0.3 is 5.97 Å². The summed E-state index contributed by atoms with van der Waals surface area (Å²) in [6, 6.07) is 6.15. The van der Waals surface area contributed by atoms with E-state index in [0.717, 1.165) is 6.42 Å². The number of methoxy groups -OCH3 is 1. The number of piperidine rings is 1. The van der Waals surface area contributed by atoms with Crippen LogP contribution in [0.2, 0.25) is 0 Å². The highest BCUT2D eigenvalue weighted by atomic mass is 32.2. The Kier molecular flexibility index (Phi) is 4.59. The van der Waals surface area contributed by atoms with Crippen molar-refractivity contribution >= 4 is 27.6 Å². The summed E-state index contributed by atoms with van der Waals surface area (Å²) < 4.78 is 31.8. The standard InChI is InChI=1S/C17H22N2O5S/c1-12(20)18-13-3-5-14(6-4-13)25(22,23)19-9-7-17(8-10-19)11-15(17)16(21)24-2/h3-6,15H,7-11H2,1-2H3,(H,18,20)/t15-/m0/s1. The average Bonchev–Trinajstić information content (AvgIpc) is 3.28. The normalized spacial score (nSPS) is 22.4. The molecular weight excluding hydrogens is 344 g/mol. The second-order valence-electron chi connectivity index (χ2n) is 6.75. The molecule has 8 heteroatoms. The average molecular weight is 366 g/mol. The summed E-state index contributed by atoms with van der Waals surface area (Å²) in [4.78, 5) is 22.9. The minimum Gasteiger partial charge on any atom is -0.469 e. The summed E-state index contributed by atoms with van der Waals surface area (Å²) in [5, 5.41) is 2.61. The molecule has 1 saturated carbocycles. The fourth-order valence-corrected chi connectivity index (χ4v) is 5.05. The van der Waals surface area contributed by atoms with Crippen molar-refractivity contribution < 1.29 is 22.7 Å². The first-order chi connectivity index (χ1) is 11.8. The van der Waals surface area contributed by atoms with Crippen molar-refractivity contribution in [3.8, 4) is 0 Å². The number of hydrogen-bond donors (Lipinski definition) is 1. The number of esters is 1. The van der Waals surface area contributed by atoms with Crippen LogP contribution in [-0.4, -0.2) is 44.8 Å². The highest BCUT2D eigenvalue weighted by molar-refractivity contribution is 7.89. The van der Waals surface area contributed by atoms with Crippen molar-refractivity contribution in [1.29, 1.82) is 0 Å².